The van der Waals surface area contributed by atoms with Gasteiger partial charge in [0, 0.05) is 19.2 Å². The number of carbonyl (C=O) groups excluding carboxylic acids is 2. The third-order valence-electron chi connectivity index (χ3n) is 5.66. The van der Waals surface area contributed by atoms with Crippen LogP contribution in [0.25, 0.3) is 0 Å². The Hall–Kier alpha value is -3.94. The summed E-state index contributed by atoms with van der Waals surface area (Å²) in [5.74, 6) is -1.94. The zero-order valence-corrected chi connectivity index (χ0v) is 18.0. The molecule has 1 aliphatic rings. The van der Waals surface area contributed by atoms with Gasteiger partial charge in [0.1, 0.15) is 6.04 Å². The van der Waals surface area contributed by atoms with Gasteiger partial charge in [-0.1, -0.05) is 48.5 Å². The number of aliphatic hydroxyl groups is 1. The van der Waals surface area contributed by atoms with Crippen LogP contribution in [-0.2, 0) is 28.7 Å². The summed E-state index contributed by atoms with van der Waals surface area (Å²) in [4.78, 5) is 31.6. The monoisotopic (exact) mass is 466 g/mol. The Labute approximate surface area is 194 Å². The minimum absolute atomic E-state index is 0.0530. The molecule has 0 aliphatic carbocycles. The molecule has 3 aromatic rings. The Balaban J connectivity index is 1.65. The number of pyridine rings is 1. The van der Waals surface area contributed by atoms with E-state index >= 15 is 0 Å². The number of Topliss-reactive ketones (excluding diaryl/α,β-unsaturated/α-hetero) is 1. The number of hydrogen-bond donors (Lipinski definition) is 1. The number of hydrogen-bond acceptors (Lipinski definition) is 4. The van der Waals surface area contributed by atoms with Crippen molar-refractivity contribution in [2.45, 2.75) is 31.6 Å². The lowest BCUT2D eigenvalue weighted by Gasteiger charge is -2.26. The molecule has 1 N–H and O–H groups in total. The summed E-state index contributed by atoms with van der Waals surface area (Å²) in [6.07, 6.45) is -2.58. The van der Waals surface area contributed by atoms with E-state index in [1.54, 1.807) is 18.2 Å². The molecule has 5 nitrogen and oxygen atoms in total. The largest absolute Gasteiger partial charge is 0.503 e. The molecular weight excluding hydrogens is 445 g/mol. The fourth-order valence-corrected chi connectivity index (χ4v) is 4.03. The van der Waals surface area contributed by atoms with Crippen LogP contribution in [-0.4, -0.2) is 26.7 Å². The van der Waals surface area contributed by atoms with Gasteiger partial charge in [-0.2, -0.15) is 13.2 Å². The highest BCUT2D eigenvalue weighted by Crippen LogP contribution is 2.39. The molecule has 2 heterocycles. The van der Waals surface area contributed by atoms with Crippen LogP contribution in [0.4, 0.5) is 13.2 Å². The second-order valence-electron chi connectivity index (χ2n) is 7.96. The molecule has 0 saturated carbocycles. The molecule has 8 heteroatoms. The summed E-state index contributed by atoms with van der Waals surface area (Å²) in [5.41, 5.74) is 0.550. The first kappa shape index (κ1) is 23.2. The second kappa shape index (κ2) is 9.51. The summed E-state index contributed by atoms with van der Waals surface area (Å²) in [6.45, 7) is -0.233. The van der Waals surface area contributed by atoms with Crippen LogP contribution in [0.5, 0.6) is 0 Å². The van der Waals surface area contributed by atoms with Gasteiger partial charge in [0.05, 0.1) is 16.8 Å². The van der Waals surface area contributed by atoms with Crippen molar-refractivity contribution in [3.05, 3.63) is 113 Å². The molecule has 0 spiro atoms. The third-order valence-corrected chi connectivity index (χ3v) is 5.66. The van der Waals surface area contributed by atoms with Crippen LogP contribution >= 0.6 is 0 Å². The number of nitrogens with zero attached hydrogens (tertiary/aromatic N) is 2. The molecule has 1 atom stereocenters. The van der Waals surface area contributed by atoms with Crippen molar-refractivity contribution in [1.29, 1.82) is 0 Å². The van der Waals surface area contributed by atoms with E-state index in [4.69, 9.17) is 0 Å². The Bertz CT molecular complexity index is 1220. The van der Waals surface area contributed by atoms with Crippen LogP contribution in [0.2, 0.25) is 0 Å². The molecule has 0 fully saturated rings. The van der Waals surface area contributed by atoms with Crippen LogP contribution in [0.15, 0.2) is 90.3 Å². The van der Waals surface area contributed by atoms with Crippen molar-refractivity contribution in [1.82, 2.24) is 9.88 Å². The smallest absolute Gasteiger partial charge is 0.416 e. The first-order chi connectivity index (χ1) is 16.3. The number of benzene rings is 2. The van der Waals surface area contributed by atoms with E-state index in [1.165, 1.54) is 23.2 Å². The van der Waals surface area contributed by atoms with Gasteiger partial charge < -0.3 is 10.0 Å². The zero-order valence-electron chi connectivity index (χ0n) is 18.0. The normalized spacial score (nSPS) is 16.3. The fraction of sp³-hybridized carbons (Fsp3) is 0.192. The standard InChI is InChI=1S/C26H21F3N2O3/c27-26(28,29)19-10-6-9-18(15-19)16-31-23(20-11-4-5-14-30-20)22(24(33)25(31)34)21(32)13-12-17-7-2-1-3-8-17/h1-11,14-15,23,33H,12-13,16H2. The summed E-state index contributed by atoms with van der Waals surface area (Å²) in [5, 5.41) is 10.6. The number of rotatable bonds is 7. The third kappa shape index (κ3) is 4.85. The maximum Gasteiger partial charge on any atom is 0.416 e. The molecule has 34 heavy (non-hydrogen) atoms. The number of aromatic nitrogens is 1. The predicted octanol–water partition coefficient (Wildman–Crippen LogP) is 5.20. The lowest BCUT2D eigenvalue weighted by molar-refractivity contribution is -0.137. The first-order valence-electron chi connectivity index (χ1n) is 10.6. The highest BCUT2D eigenvalue weighted by Gasteiger charge is 2.44. The molecule has 0 radical (unpaired) electrons. The molecule has 1 amide bonds. The van der Waals surface area contributed by atoms with E-state index in [0.29, 0.717) is 12.1 Å². The van der Waals surface area contributed by atoms with E-state index in [0.717, 1.165) is 17.7 Å². The van der Waals surface area contributed by atoms with Gasteiger partial charge in [0.2, 0.25) is 0 Å². The predicted molar refractivity (Wildman–Crippen MR) is 118 cm³/mol. The number of carbonyl (C=O) groups is 2. The van der Waals surface area contributed by atoms with E-state index < -0.39 is 35.2 Å². The molecule has 1 aliphatic heterocycles. The number of aryl methyl sites for hydroxylation is 1. The lowest BCUT2D eigenvalue weighted by Crippen LogP contribution is -2.31. The Morgan fingerprint density at radius 3 is 2.35 bits per heavy atom. The summed E-state index contributed by atoms with van der Waals surface area (Å²) in [7, 11) is 0. The van der Waals surface area contributed by atoms with Crippen LogP contribution in [0.1, 0.15) is 34.8 Å². The summed E-state index contributed by atoms with van der Waals surface area (Å²) >= 11 is 0. The minimum Gasteiger partial charge on any atom is -0.503 e. The molecule has 0 saturated heterocycles. The maximum absolute atomic E-state index is 13.2. The number of halogens is 3. The van der Waals surface area contributed by atoms with Crippen molar-refractivity contribution in [3.8, 4) is 0 Å². The van der Waals surface area contributed by atoms with Crippen LogP contribution < -0.4 is 0 Å². The SMILES string of the molecule is O=C(CCc1ccccc1)C1=C(O)C(=O)N(Cc2cccc(C(F)(F)F)c2)C1c1ccccn1. The Morgan fingerprint density at radius 2 is 1.68 bits per heavy atom. The van der Waals surface area contributed by atoms with Gasteiger partial charge in [0.25, 0.3) is 5.91 Å². The van der Waals surface area contributed by atoms with E-state index in [9.17, 15) is 27.9 Å². The summed E-state index contributed by atoms with van der Waals surface area (Å²) < 4.78 is 39.5. The van der Waals surface area contributed by atoms with E-state index in [1.807, 2.05) is 30.3 Å². The van der Waals surface area contributed by atoms with Gasteiger partial charge in [-0.05, 0) is 41.8 Å². The Morgan fingerprint density at radius 1 is 0.971 bits per heavy atom. The lowest BCUT2D eigenvalue weighted by atomic mass is 9.95. The molecule has 1 aromatic heterocycles. The van der Waals surface area contributed by atoms with Crippen molar-refractivity contribution < 1.29 is 27.9 Å². The average Bonchev–Trinajstić information content (AvgIpc) is 3.08. The average molecular weight is 466 g/mol. The van der Waals surface area contributed by atoms with Gasteiger partial charge in [-0.25, -0.2) is 0 Å². The van der Waals surface area contributed by atoms with Crippen LogP contribution in [0.3, 0.4) is 0 Å². The number of amides is 1. The molecular formula is C26H21F3N2O3. The second-order valence-corrected chi connectivity index (χ2v) is 7.96. The van der Waals surface area contributed by atoms with Crippen molar-refractivity contribution in [2.75, 3.05) is 0 Å². The van der Waals surface area contributed by atoms with Crippen molar-refractivity contribution in [3.63, 3.8) is 0 Å². The van der Waals surface area contributed by atoms with Crippen molar-refractivity contribution >= 4 is 11.7 Å². The van der Waals surface area contributed by atoms with E-state index in [2.05, 4.69) is 4.98 Å². The highest BCUT2D eigenvalue weighted by molar-refractivity contribution is 6.08. The molecule has 4 rings (SSSR count). The Kier molecular flexibility index (Phi) is 6.49. The van der Waals surface area contributed by atoms with Gasteiger partial charge in [-0.3, -0.25) is 14.6 Å². The van der Waals surface area contributed by atoms with Gasteiger partial charge in [-0.15, -0.1) is 0 Å². The van der Waals surface area contributed by atoms with Crippen molar-refractivity contribution in [2.24, 2.45) is 0 Å². The topological polar surface area (TPSA) is 70.5 Å². The maximum atomic E-state index is 13.2. The molecule has 0 bridgehead atoms. The van der Waals surface area contributed by atoms with Gasteiger partial charge >= 0.3 is 6.18 Å². The first-order valence-corrected chi connectivity index (χ1v) is 10.6. The molecule has 2 aromatic carbocycles. The zero-order chi connectivity index (χ0) is 24.3. The number of aliphatic hydroxyl groups excluding tert-OH is 1. The fourth-order valence-electron chi connectivity index (χ4n) is 4.03. The number of alkyl halides is 3. The summed E-state index contributed by atoms with van der Waals surface area (Å²) in [6, 6.07) is 17.9. The minimum atomic E-state index is -4.54. The van der Waals surface area contributed by atoms with Gasteiger partial charge in [0.15, 0.2) is 11.5 Å². The van der Waals surface area contributed by atoms with Crippen LogP contribution in [0, 0.1) is 0 Å². The quantitative estimate of drug-likeness (QED) is 0.520. The number of ketones is 1. The molecule has 174 valence electrons. The highest BCUT2D eigenvalue weighted by atomic mass is 19.4. The van der Waals surface area contributed by atoms with E-state index in [-0.39, 0.29) is 24.1 Å². The molecule has 1 unspecified atom stereocenters.